The molecule has 1 saturated carbocycles. The van der Waals surface area contributed by atoms with Crippen molar-refractivity contribution in [1.82, 2.24) is 5.32 Å². The molecule has 0 aromatic rings. The molecule has 0 aliphatic heterocycles. The molecule has 0 radical (unpaired) electrons. The smallest absolute Gasteiger partial charge is 0.407 e. The van der Waals surface area contributed by atoms with Crippen LogP contribution in [0, 0.1) is 16.2 Å². The molecule has 7 heteroatoms. The van der Waals surface area contributed by atoms with Crippen molar-refractivity contribution >= 4 is 12.2 Å². The Hall–Kier alpha value is -1.95. The molecule has 0 heterocycles. The van der Waals surface area contributed by atoms with Gasteiger partial charge in [0, 0.05) is 6.04 Å². The van der Waals surface area contributed by atoms with Gasteiger partial charge in [-0.2, -0.15) is 0 Å². The first-order chi connectivity index (χ1) is 14.6. The zero-order valence-electron chi connectivity index (χ0n) is 19.7. The molecule has 2 atom stereocenters. The maximum Gasteiger partial charge on any atom is 0.407 e. The van der Waals surface area contributed by atoms with E-state index in [0.717, 1.165) is 25.7 Å². The van der Waals surface area contributed by atoms with E-state index >= 15 is 0 Å². The van der Waals surface area contributed by atoms with Crippen molar-refractivity contribution in [2.24, 2.45) is 21.2 Å². The number of aliphatic imine (C=N–C) groups is 1. The summed E-state index contributed by atoms with van der Waals surface area (Å²) < 4.78 is 17.0. The molecule has 31 heavy (non-hydrogen) atoms. The second-order valence-electron chi connectivity index (χ2n) is 9.85. The third-order valence-electron chi connectivity index (χ3n) is 5.84. The van der Waals surface area contributed by atoms with Gasteiger partial charge in [0.1, 0.15) is 6.61 Å². The van der Waals surface area contributed by atoms with Gasteiger partial charge in [0.2, 0.25) is 6.08 Å². The van der Waals surface area contributed by atoms with E-state index < -0.39 is 11.5 Å². The molecule has 1 rings (SSSR count). The van der Waals surface area contributed by atoms with Crippen LogP contribution in [0.25, 0.3) is 0 Å². The zero-order chi connectivity index (χ0) is 23.4. The SMILES string of the molecule is C=CCOCC(CC)(COCC=C)COC(=O)NC1CC(C)(C)CC(C)(CN=C=O)C1. The molecule has 1 aliphatic rings. The molecule has 1 N–H and O–H groups in total. The van der Waals surface area contributed by atoms with Gasteiger partial charge in [-0.15, -0.1) is 13.2 Å². The summed E-state index contributed by atoms with van der Waals surface area (Å²) in [7, 11) is 0. The molecule has 0 bridgehead atoms. The number of hydrogen-bond donors (Lipinski definition) is 1. The molecule has 1 aliphatic carbocycles. The van der Waals surface area contributed by atoms with Crippen molar-refractivity contribution in [1.29, 1.82) is 0 Å². The average molecular weight is 437 g/mol. The molecular weight excluding hydrogens is 396 g/mol. The van der Waals surface area contributed by atoms with Crippen LogP contribution in [-0.4, -0.2) is 57.8 Å². The molecule has 176 valence electrons. The summed E-state index contributed by atoms with van der Waals surface area (Å²) in [6.45, 7) is 18.1. The summed E-state index contributed by atoms with van der Waals surface area (Å²) in [5.74, 6) is 0. The maximum atomic E-state index is 12.6. The first kappa shape index (κ1) is 27.1. The zero-order valence-corrected chi connectivity index (χ0v) is 19.7. The number of amides is 1. The fourth-order valence-corrected chi connectivity index (χ4v) is 4.66. The minimum absolute atomic E-state index is 0.0214. The van der Waals surface area contributed by atoms with Crippen LogP contribution in [0.3, 0.4) is 0 Å². The van der Waals surface area contributed by atoms with E-state index in [1.54, 1.807) is 18.2 Å². The molecule has 0 saturated heterocycles. The number of nitrogens with zero attached hydrogens (tertiary/aromatic N) is 1. The summed E-state index contributed by atoms with van der Waals surface area (Å²) in [5, 5.41) is 3.02. The van der Waals surface area contributed by atoms with Crippen molar-refractivity contribution in [2.45, 2.75) is 59.4 Å². The Bertz CT molecular complexity index is 628. The monoisotopic (exact) mass is 436 g/mol. The van der Waals surface area contributed by atoms with Crippen LogP contribution in [0.1, 0.15) is 53.4 Å². The summed E-state index contributed by atoms with van der Waals surface area (Å²) in [4.78, 5) is 27.0. The van der Waals surface area contributed by atoms with E-state index in [0.29, 0.717) is 33.0 Å². The highest BCUT2D eigenvalue weighted by Crippen LogP contribution is 2.46. The van der Waals surface area contributed by atoms with Crippen molar-refractivity contribution in [3.63, 3.8) is 0 Å². The van der Waals surface area contributed by atoms with Crippen molar-refractivity contribution in [3.05, 3.63) is 25.3 Å². The first-order valence-corrected chi connectivity index (χ1v) is 11.0. The van der Waals surface area contributed by atoms with Gasteiger partial charge in [-0.3, -0.25) is 0 Å². The molecular formula is C24H40N2O5. The van der Waals surface area contributed by atoms with E-state index in [4.69, 9.17) is 14.2 Å². The number of carbonyl (C=O) groups is 1. The van der Waals surface area contributed by atoms with E-state index in [-0.39, 0.29) is 23.5 Å². The van der Waals surface area contributed by atoms with Gasteiger partial charge in [0.15, 0.2) is 0 Å². The minimum atomic E-state index is -0.450. The number of nitrogens with one attached hydrogen (secondary N) is 1. The summed E-state index contributed by atoms with van der Waals surface area (Å²) in [5.41, 5.74) is -0.586. The molecule has 1 amide bonds. The van der Waals surface area contributed by atoms with Gasteiger partial charge in [-0.05, 0) is 36.5 Å². The van der Waals surface area contributed by atoms with Crippen LogP contribution in [0.4, 0.5) is 4.79 Å². The van der Waals surface area contributed by atoms with Crippen LogP contribution in [-0.2, 0) is 19.0 Å². The number of isocyanates is 1. The summed E-state index contributed by atoms with van der Waals surface area (Å²) >= 11 is 0. The Balaban J connectivity index is 2.74. The van der Waals surface area contributed by atoms with Gasteiger partial charge in [0.05, 0.1) is 38.4 Å². The number of ether oxygens (including phenoxy) is 3. The van der Waals surface area contributed by atoms with Crippen molar-refractivity contribution < 1.29 is 23.8 Å². The Morgan fingerprint density at radius 2 is 1.77 bits per heavy atom. The standard InChI is InChI=1S/C24H40N2O5/c1-7-10-29-16-24(9-3,17-30-11-8-2)18-31-21(28)26-20-12-22(4,5)14-23(6,13-20)15-25-19-27/h7-8,20H,1-2,9-18H2,3-6H3,(H,26,28). The second kappa shape index (κ2) is 12.8. The van der Waals surface area contributed by atoms with Crippen LogP contribution in [0.2, 0.25) is 0 Å². The van der Waals surface area contributed by atoms with Crippen molar-refractivity contribution in [2.75, 3.05) is 39.6 Å². The molecule has 0 spiro atoms. The summed E-state index contributed by atoms with van der Waals surface area (Å²) in [6, 6.07) is -0.0480. The van der Waals surface area contributed by atoms with Gasteiger partial charge in [-0.1, -0.05) is 39.8 Å². The van der Waals surface area contributed by atoms with E-state index in [1.807, 2.05) is 6.92 Å². The predicted molar refractivity (Wildman–Crippen MR) is 122 cm³/mol. The number of alkyl carbamates (subject to hydrolysis) is 1. The quantitative estimate of drug-likeness (QED) is 0.188. The third kappa shape index (κ3) is 9.81. The lowest BCUT2D eigenvalue weighted by atomic mass is 9.62. The Morgan fingerprint density at radius 1 is 1.16 bits per heavy atom. The van der Waals surface area contributed by atoms with Crippen LogP contribution >= 0.6 is 0 Å². The topological polar surface area (TPSA) is 86.2 Å². The van der Waals surface area contributed by atoms with E-state index in [9.17, 15) is 9.59 Å². The van der Waals surface area contributed by atoms with Gasteiger partial charge in [-0.25, -0.2) is 14.6 Å². The first-order valence-electron chi connectivity index (χ1n) is 11.0. The lowest BCUT2D eigenvalue weighted by molar-refractivity contribution is -0.0470. The Kier molecular flexibility index (Phi) is 11.2. The van der Waals surface area contributed by atoms with Gasteiger partial charge < -0.3 is 19.5 Å². The lowest BCUT2D eigenvalue weighted by Gasteiger charge is -2.46. The molecule has 0 aromatic carbocycles. The van der Waals surface area contributed by atoms with Crippen LogP contribution in [0.15, 0.2) is 30.3 Å². The fourth-order valence-electron chi connectivity index (χ4n) is 4.66. The third-order valence-corrected chi connectivity index (χ3v) is 5.84. The lowest BCUT2D eigenvalue weighted by Crippen LogP contribution is -2.48. The van der Waals surface area contributed by atoms with Gasteiger partial charge >= 0.3 is 6.09 Å². The Morgan fingerprint density at radius 3 is 2.29 bits per heavy atom. The van der Waals surface area contributed by atoms with E-state index in [1.165, 1.54) is 0 Å². The molecule has 7 nitrogen and oxygen atoms in total. The van der Waals surface area contributed by atoms with Crippen molar-refractivity contribution in [3.8, 4) is 0 Å². The number of carbonyl (C=O) groups excluding carboxylic acids is 2. The second-order valence-corrected chi connectivity index (χ2v) is 9.85. The fraction of sp³-hybridized carbons (Fsp3) is 0.750. The highest BCUT2D eigenvalue weighted by Gasteiger charge is 2.42. The number of rotatable bonds is 14. The van der Waals surface area contributed by atoms with Gasteiger partial charge in [0.25, 0.3) is 0 Å². The molecule has 1 fully saturated rings. The van der Waals surface area contributed by atoms with Crippen LogP contribution in [0.5, 0.6) is 0 Å². The molecule has 0 aromatic heterocycles. The number of hydrogen-bond acceptors (Lipinski definition) is 6. The largest absolute Gasteiger partial charge is 0.449 e. The highest BCUT2D eigenvalue weighted by atomic mass is 16.6. The van der Waals surface area contributed by atoms with Crippen LogP contribution < -0.4 is 5.32 Å². The summed E-state index contributed by atoms with van der Waals surface area (Å²) in [6.07, 6.45) is 7.80. The minimum Gasteiger partial charge on any atom is -0.449 e. The Labute approximate surface area is 187 Å². The highest BCUT2D eigenvalue weighted by molar-refractivity contribution is 5.67. The maximum absolute atomic E-state index is 12.6. The predicted octanol–water partition coefficient (Wildman–Crippen LogP) is 4.44. The molecule has 2 unspecified atom stereocenters. The van der Waals surface area contributed by atoms with E-state index in [2.05, 4.69) is 44.2 Å². The average Bonchev–Trinajstić information content (AvgIpc) is 2.69. The normalized spacial score (nSPS) is 22.8.